The Morgan fingerprint density at radius 2 is 1.56 bits per heavy atom. The van der Waals surface area contributed by atoms with Crippen molar-refractivity contribution >= 4 is 29.2 Å². The Morgan fingerprint density at radius 1 is 0.867 bits per heavy atom. The molecule has 1 N–H and O–H groups in total. The molecule has 2 aliphatic rings. The van der Waals surface area contributed by atoms with E-state index in [1.807, 2.05) is 24.3 Å². The Bertz CT molecular complexity index is 1480. The van der Waals surface area contributed by atoms with Crippen LogP contribution in [0.3, 0.4) is 0 Å². The number of rotatable bonds is 8. The van der Waals surface area contributed by atoms with Crippen LogP contribution >= 0.6 is 0 Å². The minimum absolute atomic E-state index is 0.0335. The molecular weight excluding hydrogens is 583 g/mol. The molecule has 0 radical (unpaired) electrons. The number of nitrogens with one attached hydrogen (secondary N) is 1. The van der Waals surface area contributed by atoms with Crippen molar-refractivity contribution in [2.24, 2.45) is 5.92 Å². The number of piperidine rings is 2. The molecule has 5 rings (SSSR count). The molecule has 3 aromatic rings. The second kappa shape index (κ2) is 14.2. The molecule has 45 heavy (non-hydrogen) atoms. The van der Waals surface area contributed by atoms with Gasteiger partial charge in [0.05, 0.1) is 12.2 Å². The Labute approximate surface area is 261 Å². The first-order valence-corrected chi connectivity index (χ1v) is 15.5. The number of hydrogen-bond acceptors (Lipinski definition) is 5. The molecule has 2 aliphatic heterocycles. The zero-order valence-corrected chi connectivity index (χ0v) is 25.3. The predicted molar refractivity (Wildman–Crippen MR) is 167 cm³/mol. The minimum atomic E-state index is -4.43. The highest BCUT2D eigenvalue weighted by atomic mass is 19.4. The van der Waals surface area contributed by atoms with Crippen molar-refractivity contribution < 1.29 is 32.3 Å². The molecule has 0 aliphatic carbocycles. The number of carbonyl (C=O) groups excluding carboxylic acids is 3. The highest BCUT2D eigenvalue weighted by Gasteiger charge is 2.34. The molecule has 10 heteroatoms. The SMILES string of the molecule is CCOC(=O)C1CCCCN1C(=O)CC1CCN(c2ccc(NC(=O)c3ccccc3-c3ccc(C(F)(F)F)cc3)cc2)CC1. The zero-order valence-electron chi connectivity index (χ0n) is 25.3. The molecular formula is C35H38F3N3O4. The fourth-order valence-corrected chi connectivity index (χ4v) is 6.20. The molecule has 1 unspecified atom stereocenters. The van der Waals surface area contributed by atoms with Crippen LogP contribution in [0.25, 0.3) is 11.1 Å². The second-order valence-electron chi connectivity index (χ2n) is 11.6. The van der Waals surface area contributed by atoms with Crippen LogP contribution < -0.4 is 10.2 Å². The number of esters is 1. The van der Waals surface area contributed by atoms with Crippen LogP contribution in [0.5, 0.6) is 0 Å². The second-order valence-corrected chi connectivity index (χ2v) is 11.6. The van der Waals surface area contributed by atoms with Gasteiger partial charge in [0.1, 0.15) is 6.04 Å². The molecule has 2 amide bonds. The Balaban J connectivity index is 1.15. The van der Waals surface area contributed by atoms with Crippen LogP contribution in [0.4, 0.5) is 24.5 Å². The van der Waals surface area contributed by atoms with Crippen molar-refractivity contribution in [2.75, 3.05) is 36.5 Å². The topological polar surface area (TPSA) is 79.0 Å². The van der Waals surface area contributed by atoms with Gasteiger partial charge in [-0.1, -0.05) is 30.3 Å². The number of benzene rings is 3. The normalized spacial score (nSPS) is 17.6. The van der Waals surface area contributed by atoms with E-state index in [9.17, 15) is 27.6 Å². The summed E-state index contributed by atoms with van der Waals surface area (Å²) in [5, 5.41) is 2.90. The Hall–Kier alpha value is -4.34. The molecule has 1 atom stereocenters. The maximum absolute atomic E-state index is 13.2. The summed E-state index contributed by atoms with van der Waals surface area (Å²) >= 11 is 0. The molecule has 3 aromatic carbocycles. The van der Waals surface area contributed by atoms with E-state index in [1.54, 1.807) is 36.1 Å². The largest absolute Gasteiger partial charge is 0.464 e. The van der Waals surface area contributed by atoms with Gasteiger partial charge in [-0.25, -0.2) is 4.79 Å². The van der Waals surface area contributed by atoms with Gasteiger partial charge in [0.25, 0.3) is 5.91 Å². The first-order valence-electron chi connectivity index (χ1n) is 15.5. The molecule has 238 valence electrons. The highest BCUT2D eigenvalue weighted by Crippen LogP contribution is 2.33. The van der Waals surface area contributed by atoms with Crippen molar-refractivity contribution in [3.05, 3.63) is 83.9 Å². The fourth-order valence-electron chi connectivity index (χ4n) is 6.20. The van der Waals surface area contributed by atoms with E-state index < -0.39 is 17.8 Å². The number of ether oxygens (including phenoxy) is 1. The van der Waals surface area contributed by atoms with Gasteiger partial charge in [0, 0.05) is 43.0 Å². The number of anilines is 2. The van der Waals surface area contributed by atoms with E-state index in [-0.39, 0.29) is 23.7 Å². The van der Waals surface area contributed by atoms with Gasteiger partial charge >= 0.3 is 12.1 Å². The molecule has 0 saturated carbocycles. The van der Waals surface area contributed by atoms with E-state index in [4.69, 9.17) is 4.74 Å². The molecule has 7 nitrogen and oxygen atoms in total. The Morgan fingerprint density at radius 3 is 2.22 bits per heavy atom. The third-order valence-electron chi connectivity index (χ3n) is 8.64. The molecule has 0 aromatic heterocycles. The van der Waals surface area contributed by atoms with Crippen LogP contribution in [0, 0.1) is 5.92 Å². The number of hydrogen-bond donors (Lipinski definition) is 1. The maximum atomic E-state index is 13.2. The maximum Gasteiger partial charge on any atom is 0.416 e. The minimum Gasteiger partial charge on any atom is -0.464 e. The molecule has 0 spiro atoms. The summed E-state index contributed by atoms with van der Waals surface area (Å²) in [6.45, 7) is 4.28. The summed E-state index contributed by atoms with van der Waals surface area (Å²) in [7, 11) is 0. The van der Waals surface area contributed by atoms with Gasteiger partial charge in [0.15, 0.2) is 0 Å². The first kappa shape index (κ1) is 32.1. The van der Waals surface area contributed by atoms with Gasteiger partial charge in [-0.05, 0) is 98.5 Å². The van der Waals surface area contributed by atoms with Crippen molar-refractivity contribution in [3.8, 4) is 11.1 Å². The average Bonchev–Trinajstić information content (AvgIpc) is 3.05. The Kier molecular flexibility index (Phi) is 10.1. The number of likely N-dealkylation sites (tertiary alicyclic amines) is 1. The lowest BCUT2D eigenvalue weighted by molar-refractivity contribution is -0.157. The molecule has 0 bridgehead atoms. The summed E-state index contributed by atoms with van der Waals surface area (Å²) in [5.41, 5.74) is 2.29. The number of nitrogens with zero attached hydrogens (tertiary/aromatic N) is 2. The van der Waals surface area contributed by atoms with Crippen LogP contribution in [0.15, 0.2) is 72.8 Å². The third kappa shape index (κ3) is 7.85. The van der Waals surface area contributed by atoms with Gasteiger partial charge in [-0.3, -0.25) is 9.59 Å². The van der Waals surface area contributed by atoms with E-state index in [0.29, 0.717) is 48.4 Å². The lowest BCUT2D eigenvalue weighted by Crippen LogP contribution is -2.49. The lowest BCUT2D eigenvalue weighted by atomic mass is 9.91. The predicted octanol–water partition coefficient (Wildman–Crippen LogP) is 7.18. The van der Waals surface area contributed by atoms with E-state index >= 15 is 0 Å². The summed E-state index contributed by atoms with van der Waals surface area (Å²) in [6.07, 6.45) is 0.214. The third-order valence-corrected chi connectivity index (χ3v) is 8.64. The van der Waals surface area contributed by atoms with Gasteiger partial charge in [-0.2, -0.15) is 13.2 Å². The van der Waals surface area contributed by atoms with Crippen LogP contribution in [0.1, 0.15) is 61.4 Å². The summed E-state index contributed by atoms with van der Waals surface area (Å²) in [6, 6.07) is 18.7. The van der Waals surface area contributed by atoms with Gasteiger partial charge < -0.3 is 19.9 Å². The van der Waals surface area contributed by atoms with Crippen LogP contribution in [0.2, 0.25) is 0 Å². The van der Waals surface area contributed by atoms with Crippen molar-refractivity contribution in [1.82, 2.24) is 4.90 Å². The van der Waals surface area contributed by atoms with Crippen molar-refractivity contribution in [2.45, 2.75) is 57.7 Å². The van der Waals surface area contributed by atoms with Crippen molar-refractivity contribution in [3.63, 3.8) is 0 Å². The van der Waals surface area contributed by atoms with E-state index in [1.165, 1.54) is 12.1 Å². The lowest BCUT2D eigenvalue weighted by Gasteiger charge is -2.37. The average molecular weight is 622 g/mol. The summed E-state index contributed by atoms with van der Waals surface area (Å²) < 4.78 is 44.2. The van der Waals surface area contributed by atoms with E-state index in [0.717, 1.165) is 56.6 Å². The number of halogens is 3. The zero-order chi connectivity index (χ0) is 32.0. The van der Waals surface area contributed by atoms with Crippen LogP contribution in [-0.2, 0) is 20.5 Å². The summed E-state index contributed by atoms with van der Waals surface area (Å²) in [5.74, 6) is -0.376. The number of amides is 2. The van der Waals surface area contributed by atoms with E-state index in [2.05, 4.69) is 10.2 Å². The first-order chi connectivity index (χ1) is 21.6. The van der Waals surface area contributed by atoms with Gasteiger partial charge in [0.2, 0.25) is 5.91 Å². The van der Waals surface area contributed by atoms with Crippen molar-refractivity contribution in [1.29, 1.82) is 0 Å². The summed E-state index contributed by atoms with van der Waals surface area (Å²) in [4.78, 5) is 42.7. The van der Waals surface area contributed by atoms with Gasteiger partial charge in [-0.15, -0.1) is 0 Å². The molecule has 2 heterocycles. The standard InChI is InChI=1S/C35H38F3N3O4/c1-2-45-34(44)31-9-5-6-20-41(31)32(42)23-24-18-21-40(22-19-24)28-16-14-27(15-17-28)39-33(43)30-8-4-3-7-29(30)25-10-12-26(13-11-25)35(36,37)38/h3-4,7-8,10-17,24,31H,2,5-6,9,18-23H2,1H3,(H,39,43). The van der Waals surface area contributed by atoms with Crippen LogP contribution in [-0.4, -0.2) is 55.0 Å². The quantitative estimate of drug-likeness (QED) is 0.270. The highest BCUT2D eigenvalue weighted by molar-refractivity contribution is 6.08. The monoisotopic (exact) mass is 621 g/mol. The smallest absolute Gasteiger partial charge is 0.416 e. The number of alkyl halides is 3. The molecule has 2 saturated heterocycles. The molecule has 2 fully saturated rings. The fraction of sp³-hybridized carbons (Fsp3) is 0.400. The number of carbonyl (C=O) groups is 3.